The molecule has 2 saturated heterocycles. The highest BCUT2D eigenvalue weighted by molar-refractivity contribution is 7.92. The van der Waals surface area contributed by atoms with Crippen LogP contribution in [0.2, 0.25) is 0 Å². The van der Waals surface area contributed by atoms with Gasteiger partial charge in [-0.05, 0) is 74.5 Å². The summed E-state index contributed by atoms with van der Waals surface area (Å²) in [5, 5.41) is 11.6. The van der Waals surface area contributed by atoms with Gasteiger partial charge in [0.25, 0.3) is 5.91 Å². The van der Waals surface area contributed by atoms with E-state index in [1.54, 1.807) is 11.8 Å². The molecular weight excluding hydrogens is 687 g/mol. The van der Waals surface area contributed by atoms with Gasteiger partial charge in [0.15, 0.2) is 9.84 Å². The fraction of sp³-hybridized carbons (Fsp3) is 0.868. The summed E-state index contributed by atoms with van der Waals surface area (Å²) in [6.07, 6.45) is 7.75. The van der Waals surface area contributed by atoms with Crippen LogP contribution < -0.4 is 21.3 Å². The molecule has 5 amide bonds. The zero-order chi connectivity index (χ0) is 38.3. The number of amides is 5. The van der Waals surface area contributed by atoms with Crippen molar-refractivity contribution in [3.8, 4) is 0 Å². The summed E-state index contributed by atoms with van der Waals surface area (Å²) < 4.78 is 32.3. The van der Waals surface area contributed by atoms with E-state index in [1.807, 2.05) is 27.7 Å². The van der Waals surface area contributed by atoms with Crippen molar-refractivity contribution in [3.63, 3.8) is 0 Å². The number of hydrogen-bond donors (Lipinski definition) is 4. The van der Waals surface area contributed by atoms with Gasteiger partial charge >= 0.3 is 6.03 Å². The molecule has 2 aliphatic heterocycles. The number of nitrogens with zero attached hydrogens (tertiary/aromatic N) is 1. The number of likely N-dealkylation sites (tertiary alicyclic amines) is 1. The number of Topliss-reactive ketones (excluding diaryl/α,β-unsaturated/α-hetero) is 1. The second-order valence-electron chi connectivity index (χ2n) is 18.3. The van der Waals surface area contributed by atoms with Crippen LogP contribution in [0.1, 0.15) is 126 Å². The minimum atomic E-state index is -3.62. The fourth-order valence-corrected chi connectivity index (χ4v) is 11.0. The lowest BCUT2D eigenvalue weighted by Gasteiger charge is -2.42. The average molecular weight is 750 g/mol. The van der Waals surface area contributed by atoms with Gasteiger partial charge in [-0.25, -0.2) is 13.2 Å². The van der Waals surface area contributed by atoms with E-state index in [-0.39, 0.29) is 29.0 Å². The Bertz CT molecular complexity index is 1490. The van der Waals surface area contributed by atoms with Crippen LogP contribution in [0.25, 0.3) is 0 Å². The highest BCUT2D eigenvalue weighted by atomic mass is 32.2. The van der Waals surface area contributed by atoms with Crippen molar-refractivity contribution in [2.24, 2.45) is 22.7 Å². The van der Waals surface area contributed by atoms with Gasteiger partial charge in [-0.1, -0.05) is 73.6 Å². The van der Waals surface area contributed by atoms with Crippen molar-refractivity contribution >= 4 is 39.4 Å². The van der Waals surface area contributed by atoms with Crippen LogP contribution in [-0.2, 0) is 33.8 Å². The number of carbonyl (C=O) groups excluding carboxylic acids is 5. The number of unbranched alkanes of at least 4 members (excludes halogenated alkanes) is 1. The second-order valence-corrected chi connectivity index (χ2v) is 20.8. The molecule has 5 atom stereocenters. The Kier molecular flexibility index (Phi) is 11.8. The molecule has 1 unspecified atom stereocenters. The van der Waals surface area contributed by atoms with Gasteiger partial charge in [0, 0.05) is 25.8 Å². The van der Waals surface area contributed by atoms with Crippen LogP contribution in [0, 0.1) is 22.7 Å². The second kappa shape index (κ2) is 15.2. The number of carbonyl (C=O) groups is 5. The van der Waals surface area contributed by atoms with E-state index >= 15 is 0 Å². The van der Waals surface area contributed by atoms with Crippen molar-refractivity contribution in [3.05, 3.63) is 0 Å². The van der Waals surface area contributed by atoms with E-state index in [4.69, 9.17) is 4.74 Å². The Morgan fingerprint density at radius 3 is 2.13 bits per heavy atom. The quantitative estimate of drug-likeness (QED) is 0.195. The van der Waals surface area contributed by atoms with Crippen molar-refractivity contribution in [2.45, 2.75) is 160 Å². The molecule has 2 heterocycles. The first-order valence-corrected chi connectivity index (χ1v) is 21.2. The third-order valence-corrected chi connectivity index (χ3v) is 15.6. The Morgan fingerprint density at radius 1 is 0.923 bits per heavy atom. The summed E-state index contributed by atoms with van der Waals surface area (Å²) in [4.78, 5) is 70.2. The van der Waals surface area contributed by atoms with Gasteiger partial charge in [0.05, 0.1) is 22.1 Å². The van der Waals surface area contributed by atoms with Crippen LogP contribution in [-0.4, -0.2) is 103 Å². The molecule has 0 aromatic rings. The number of rotatable bonds is 14. The van der Waals surface area contributed by atoms with Crippen molar-refractivity contribution in [1.29, 1.82) is 0 Å². The standard InChI is InChI=1S/C38H63N5O8S/c1-8-9-13-26(29(44)32(46)39-24-14-15-24)40-31(45)28-27-25(36(27,5)6)22-43(28)33(47)30(35(2,3)4)41-34(48)42-38(16-11-10-12-17-38)23-52(49,50)37(7)18-20-51-21-19-37/h24-28,30H,8-23H2,1-7H3,(H,39,46)(H,40,45)(H2,41,42,48)/t25-,26-,27?,28-,30+/m0/s1. The number of ketones is 1. The highest BCUT2D eigenvalue weighted by Crippen LogP contribution is 2.65. The predicted molar refractivity (Wildman–Crippen MR) is 197 cm³/mol. The van der Waals surface area contributed by atoms with Crippen LogP contribution in [0.3, 0.4) is 0 Å². The SMILES string of the molecule is CCCC[C@H](NC(=O)[C@@H]1C2[C@H](CN1C(=O)[C@@H](NC(=O)NC1(CS(=O)(=O)C3(C)CCOCC3)CCCCC1)C(C)(C)C)C2(C)C)C(=O)C(=O)NC1CC1. The topological polar surface area (TPSA) is 180 Å². The predicted octanol–water partition coefficient (Wildman–Crippen LogP) is 3.39. The molecule has 0 aromatic heterocycles. The monoisotopic (exact) mass is 749 g/mol. The van der Waals surface area contributed by atoms with Crippen LogP contribution in [0.5, 0.6) is 0 Å². The number of piperidine rings is 1. The van der Waals surface area contributed by atoms with Gasteiger partial charge in [-0.15, -0.1) is 0 Å². The van der Waals surface area contributed by atoms with Crippen molar-refractivity contribution in [2.75, 3.05) is 25.5 Å². The lowest BCUT2D eigenvalue weighted by molar-refractivity contribution is -0.145. The van der Waals surface area contributed by atoms with Gasteiger partial charge in [0.2, 0.25) is 17.6 Å². The molecule has 294 valence electrons. The Labute approximate surface area is 310 Å². The number of urea groups is 1. The molecule has 0 spiro atoms. The summed E-state index contributed by atoms with van der Waals surface area (Å²) in [7, 11) is -3.62. The maximum Gasteiger partial charge on any atom is 0.315 e. The molecule has 13 nitrogen and oxygen atoms in total. The van der Waals surface area contributed by atoms with E-state index in [9.17, 15) is 32.4 Å². The van der Waals surface area contributed by atoms with E-state index in [0.29, 0.717) is 58.3 Å². The molecule has 0 radical (unpaired) electrons. The highest BCUT2D eigenvalue weighted by Gasteiger charge is 2.70. The minimum Gasteiger partial charge on any atom is -0.381 e. The van der Waals surface area contributed by atoms with E-state index in [0.717, 1.165) is 38.5 Å². The van der Waals surface area contributed by atoms with E-state index < -0.39 is 73.2 Å². The Balaban J connectivity index is 1.33. The molecule has 5 fully saturated rings. The maximum atomic E-state index is 14.6. The molecule has 4 N–H and O–H groups in total. The fourth-order valence-electron chi connectivity index (χ4n) is 8.80. The van der Waals surface area contributed by atoms with Gasteiger partial charge in [0.1, 0.15) is 12.1 Å². The summed E-state index contributed by atoms with van der Waals surface area (Å²) in [6.45, 7) is 14.5. The number of sulfone groups is 1. The third-order valence-electron chi connectivity index (χ3n) is 12.7. The first-order valence-electron chi connectivity index (χ1n) is 19.6. The first-order chi connectivity index (χ1) is 24.3. The number of fused-ring (bicyclic) bond motifs is 1. The number of hydrogen-bond acceptors (Lipinski definition) is 8. The number of ether oxygens (including phenoxy) is 1. The molecule has 0 bridgehead atoms. The average Bonchev–Trinajstić information content (AvgIpc) is 3.92. The first kappa shape index (κ1) is 40.4. The lowest BCUT2D eigenvalue weighted by atomic mass is 9.83. The van der Waals surface area contributed by atoms with Crippen LogP contribution in [0.4, 0.5) is 4.79 Å². The summed E-state index contributed by atoms with van der Waals surface area (Å²) in [5.41, 5.74) is -1.94. The molecule has 3 saturated carbocycles. The molecule has 52 heavy (non-hydrogen) atoms. The molecule has 5 rings (SSSR count). The van der Waals surface area contributed by atoms with Crippen LogP contribution in [0.15, 0.2) is 0 Å². The molecule has 14 heteroatoms. The Hall–Kier alpha value is -2.74. The summed E-state index contributed by atoms with van der Waals surface area (Å²) in [5.74, 6) is -2.50. The zero-order valence-corrected chi connectivity index (χ0v) is 33.2. The smallest absolute Gasteiger partial charge is 0.315 e. The largest absolute Gasteiger partial charge is 0.381 e. The minimum absolute atomic E-state index is 0.00152. The van der Waals surface area contributed by atoms with Crippen molar-refractivity contribution < 1.29 is 37.1 Å². The van der Waals surface area contributed by atoms with Gasteiger partial charge < -0.3 is 30.9 Å². The normalized spacial score (nSPS) is 27.4. The maximum absolute atomic E-state index is 14.6. The summed E-state index contributed by atoms with van der Waals surface area (Å²) in [6, 6.07) is -3.52. The Morgan fingerprint density at radius 2 is 1.56 bits per heavy atom. The zero-order valence-electron chi connectivity index (χ0n) is 32.4. The van der Waals surface area contributed by atoms with Crippen molar-refractivity contribution in [1.82, 2.24) is 26.2 Å². The molecule has 3 aliphatic carbocycles. The number of nitrogens with one attached hydrogen (secondary N) is 4. The third kappa shape index (κ3) is 8.63. The van der Waals surface area contributed by atoms with E-state index in [1.165, 1.54) is 0 Å². The molecule has 0 aromatic carbocycles. The molecule has 5 aliphatic rings. The lowest BCUT2D eigenvalue weighted by Crippen LogP contribution is -2.64. The molecular formula is C38H63N5O8S. The van der Waals surface area contributed by atoms with Gasteiger partial charge in [-0.2, -0.15) is 0 Å². The summed E-state index contributed by atoms with van der Waals surface area (Å²) >= 11 is 0. The van der Waals surface area contributed by atoms with Crippen LogP contribution >= 0.6 is 0 Å². The van der Waals surface area contributed by atoms with Gasteiger partial charge in [-0.3, -0.25) is 19.2 Å². The van der Waals surface area contributed by atoms with E-state index in [2.05, 4.69) is 35.1 Å².